The maximum absolute atomic E-state index is 5.93. The molecule has 68 valence electrons. The molecule has 1 nitrogen and oxygen atoms in total. The zero-order valence-electron chi connectivity index (χ0n) is 6.81. The molecule has 0 saturated heterocycles. The van der Waals surface area contributed by atoms with Crippen molar-refractivity contribution in [1.29, 1.82) is 0 Å². The fourth-order valence-electron chi connectivity index (χ4n) is 0.936. The summed E-state index contributed by atoms with van der Waals surface area (Å²) in [5, 5.41) is 1.38. The van der Waals surface area contributed by atoms with Crippen molar-refractivity contribution in [3.05, 3.63) is 33.8 Å². The third-order valence-corrected chi connectivity index (χ3v) is 2.18. The molecule has 0 radical (unpaired) electrons. The number of ether oxygens (including phenoxy) is 1. The first-order chi connectivity index (χ1) is 5.74. The van der Waals surface area contributed by atoms with Crippen LogP contribution in [-0.2, 0) is 11.2 Å². The minimum atomic E-state index is 0. The number of hydrogen-bond acceptors (Lipinski definition) is 1. The first-order valence-corrected chi connectivity index (χ1v) is 4.42. The lowest BCUT2D eigenvalue weighted by molar-refractivity contribution is 0.202. The van der Waals surface area contributed by atoms with Crippen LogP contribution in [0.5, 0.6) is 0 Å². The first-order valence-electron chi connectivity index (χ1n) is 3.67. The third-order valence-electron chi connectivity index (χ3n) is 1.59. The monoisotopic (exact) mass is 206 g/mol. The molecule has 12 heavy (non-hydrogen) atoms. The second-order valence-corrected chi connectivity index (χ2v) is 3.32. The number of benzene rings is 1. The number of methoxy groups -OCH3 is 1. The highest BCUT2D eigenvalue weighted by molar-refractivity contribution is 6.35. The van der Waals surface area contributed by atoms with E-state index in [1.165, 1.54) is 0 Å². The molecule has 0 bridgehead atoms. The summed E-state index contributed by atoms with van der Waals surface area (Å²) in [6.45, 7) is 0.682. The second kappa shape index (κ2) is 4.70. The Morgan fingerprint density at radius 3 is 2.75 bits per heavy atom. The SMILES string of the molecule is COCCc1ccc(Cl)cc1Cl.[HH]. The standard InChI is InChI=1S/C9H10Cl2O.H2/c1-12-5-4-7-2-3-8(10)6-9(7)11;/h2-3,6H,4-5H2,1H3;1H. The average Bonchev–Trinajstić information content (AvgIpc) is 2.03. The minimum Gasteiger partial charge on any atom is -0.384 e. The summed E-state index contributed by atoms with van der Waals surface area (Å²) < 4.78 is 4.94. The van der Waals surface area contributed by atoms with Crippen LogP contribution in [0.4, 0.5) is 0 Å². The molecule has 3 heteroatoms. The van der Waals surface area contributed by atoms with E-state index in [1.54, 1.807) is 13.2 Å². The van der Waals surface area contributed by atoms with Crippen molar-refractivity contribution < 1.29 is 6.16 Å². The summed E-state index contributed by atoms with van der Waals surface area (Å²) >= 11 is 11.7. The Bertz CT molecular complexity index is 266. The number of rotatable bonds is 3. The highest BCUT2D eigenvalue weighted by atomic mass is 35.5. The molecular weight excluding hydrogens is 195 g/mol. The van der Waals surface area contributed by atoms with E-state index in [4.69, 9.17) is 27.9 Å². The Hall–Kier alpha value is -0.240. The lowest BCUT2D eigenvalue weighted by Gasteiger charge is -2.02. The van der Waals surface area contributed by atoms with E-state index >= 15 is 0 Å². The highest BCUT2D eigenvalue weighted by Gasteiger charge is 1.99. The molecule has 0 amide bonds. The van der Waals surface area contributed by atoms with Gasteiger partial charge in [-0.15, -0.1) is 0 Å². The van der Waals surface area contributed by atoms with Crippen molar-refractivity contribution >= 4 is 23.2 Å². The van der Waals surface area contributed by atoms with Gasteiger partial charge in [0.1, 0.15) is 0 Å². The minimum absolute atomic E-state index is 0. The second-order valence-electron chi connectivity index (χ2n) is 2.48. The van der Waals surface area contributed by atoms with E-state index in [2.05, 4.69) is 0 Å². The Morgan fingerprint density at radius 2 is 2.17 bits per heavy atom. The van der Waals surface area contributed by atoms with Crippen molar-refractivity contribution in [3.8, 4) is 0 Å². The molecule has 0 heterocycles. The molecule has 1 aromatic rings. The van der Waals surface area contributed by atoms with E-state index < -0.39 is 0 Å². The van der Waals surface area contributed by atoms with Crippen molar-refractivity contribution in [1.82, 2.24) is 0 Å². The maximum atomic E-state index is 5.93. The molecule has 0 aliphatic rings. The van der Waals surface area contributed by atoms with Crippen LogP contribution in [0.2, 0.25) is 10.0 Å². The summed E-state index contributed by atoms with van der Waals surface area (Å²) in [7, 11) is 1.67. The van der Waals surface area contributed by atoms with E-state index in [9.17, 15) is 0 Å². The summed E-state index contributed by atoms with van der Waals surface area (Å²) in [5.41, 5.74) is 1.07. The smallest absolute Gasteiger partial charge is 0.0503 e. The van der Waals surface area contributed by atoms with Gasteiger partial charge in [-0.05, 0) is 24.1 Å². The average molecular weight is 207 g/mol. The molecule has 0 atom stereocenters. The number of halogens is 2. The zero-order valence-corrected chi connectivity index (χ0v) is 8.32. The van der Waals surface area contributed by atoms with Crippen LogP contribution in [0.3, 0.4) is 0 Å². The van der Waals surface area contributed by atoms with Gasteiger partial charge in [0.25, 0.3) is 0 Å². The first kappa shape index (κ1) is 9.85. The molecule has 0 unspecified atom stereocenters. The Kier molecular flexibility index (Phi) is 3.86. The summed E-state index contributed by atoms with van der Waals surface area (Å²) in [4.78, 5) is 0. The Morgan fingerprint density at radius 1 is 1.42 bits per heavy atom. The van der Waals surface area contributed by atoms with Crippen LogP contribution < -0.4 is 0 Å². The van der Waals surface area contributed by atoms with Gasteiger partial charge in [-0.3, -0.25) is 0 Å². The highest BCUT2D eigenvalue weighted by Crippen LogP contribution is 2.21. The van der Waals surface area contributed by atoms with Gasteiger partial charge < -0.3 is 4.74 Å². The Labute approximate surface area is 83.7 Å². The van der Waals surface area contributed by atoms with E-state index in [-0.39, 0.29) is 1.43 Å². The predicted molar refractivity (Wildman–Crippen MR) is 54.2 cm³/mol. The molecule has 0 N–H and O–H groups in total. The predicted octanol–water partition coefficient (Wildman–Crippen LogP) is 3.43. The normalized spacial score (nSPS) is 10.2. The van der Waals surface area contributed by atoms with E-state index in [1.807, 2.05) is 12.1 Å². The van der Waals surface area contributed by atoms with Gasteiger partial charge in [0.05, 0.1) is 6.61 Å². The van der Waals surface area contributed by atoms with Gasteiger partial charge in [-0.1, -0.05) is 29.3 Å². The molecule has 1 rings (SSSR count). The molecular formula is C9H12Cl2O. The van der Waals surface area contributed by atoms with Crippen molar-refractivity contribution in [2.75, 3.05) is 13.7 Å². The summed E-state index contributed by atoms with van der Waals surface area (Å²) in [5.74, 6) is 0. The van der Waals surface area contributed by atoms with Crippen LogP contribution in [-0.4, -0.2) is 13.7 Å². The van der Waals surface area contributed by atoms with Crippen LogP contribution in [0.25, 0.3) is 0 Å². The summed E-state index contributed by atoms with van der Waals surface area (Å²) in [6.07, 6.45) is 0.826. The van der Waals surface area contributed by atoms with Crippen LogP contribution >= 0.6 is 23.2 Å². The zero-order chi connectivity index (χ0) is 8.97. The molecule has 1 aromatic carbocycles. The quantitative estimate of drug-likeness (QED) is 0.737. The molecule has 0 saturated carbocycles. The summed E-state index contributed by atoms with van der Waals surface area (Å²) in [6, 6.07) is 5.50. The van der Waals surface area contributed by atoms with Gasteiger partial charge in [0.15, 0.2) is 0 Å². The Balaban J connectivity index is 0.00000144. The lowest BCUT2D eigenvalue weighted by atomic mass is 10.2. The van der Waals surface area contributed by atoms with Gasteiger partial charge in [-0.25, -0.2) is 0 Å². The largest absolute Gasteiger partial charge is 0.384 e. The fraction of sp³-hybridized carbons (Fsp3) is 0.333. The molecule has 0 spiro atoms. The van der Waals surface area contributed by atoms with Gasteiger partial charge in [-0.2, -0.15) is 0 Å². The molecule has 0 fully saturated rings. The third kappa shape index (κ3) is 2.67. The molecule has 0 aliphatic carbocycles. The van der Waals surface area contributed by atoms with Crippen LogP contribution in [0.1, 0.15) is 6.99 Å². The van der Waals surface area contributed by atoms with Crippen molar-refractivity contribution in [2.45, 2.75) is 6.42 Å². The fourth-order valence-corrected chi connectivity index (χ4v) is 1.44. The van der Waals surface area contributed by atoms with E-state index in [0.29, 0.717) is 16.7 Å². The lowest BCUT2D eigenvalue weighted by Crippen LogP contribution is -1.94. The maximum Gasteiger partial charge on any atom is 0.0503 e. The van der Waals surface area contributed by atoms with Crippen LogP contribution in [0.15, 0.2) is 18.2 Å². The number of hydrogen-bond donors (Lipinski definition) is 0. The van der Waals surface area contributed by atoms with Gasteiger partial charge in [0.2, 0.25) is 0 Å². The van der Waals surface area contributed by atoms with Gasteiger partial charge >= 0.3 is 0 Å². The molecule has 0 aliphatic heterocycles. The van der Waals surface area contributed by atoms with E-state index in [0.717, 1.165) is 12.0 Å². The van der Waals surface area contributed by atoms with Crippen molar-refractivity contribution in [2.24, 2.45) is 0 Å². The van der Waals surface area contributed by atoms with Gasteiger partial charge in [0, 0.05) is 18.6 Å². The topological polar surface area (TPSA) is 9.23 Å². The van der Waals surface area contributed by atoms with Crippen molar-refractivity contribution in [3.63, 3.8) is 0 Å². The molecule has 0 aromatic heterocycles. The van der Waals surface area contributed by atoms with Crippen LogP contribution in [0, 0.1) is 0 Å².